The molecular formula is C15H27N. The second-order valence-corrected chi connectivity index (χ2v) is 4.44. The second kappa shape index (κ2) is 7.45. The minimum atomic E-state index is 0. The number of rotatable bonds is 2. The van der Waals surface area contributed by atoms with Crippen molar-refractivity contribution in [2.75, 3.05) is 13.1 Å². The molecule has 0 N–H and O–H groups in total. The first kappa shape index (κ1) is 13.2. The Labute approximate surface area is 102 Å². The number of benzene rings is 1. The maximum atomic E-state index is 2.56. The third kappa shape index (κ3) is 4.36. The molecule has 1 heterocycles. The molecule has 0 atom stereocenters. The molecule has 1 aliphatic heterocycles. The van der Waals surface area contributed by atoms with Gasteiger partial charge in [-0.2, -0.15) is 0 Å². The molecule has 16 heavy (non-hydrogen) atoms. The molecule has 0 aliphatic carbocycles. The molecule has 0 spiro atoms. The van der Waals surface area contributed by atoms with Crippen LogP contribution in [-0.4, -0.2) is 18.0 Å². The van der Waals surface area contributed by atoms with E-state index in [1.807, 2.05) is 13.8 Å². The summed E-state index contributed by atoms with van der Waals surface area (Å²) in [5, 5.41) is 0. The molecule has 0 aromatic heterocycles. The van der Waals surface area contributed by atoms with E-state index in [0.29, 0.717) is 0 Å². The van der Waals surface area contributed by atoms with Crippen molar-refractivity contribution in [3.63, 3.8) is 0 Å². The van der Waals surface area contributed by atoms with Gasteiger partial charge in [0.1, 0.15) is 0 Å². The van der Waals surface area contributed by atoms with Crippen LogP contribution in [0.3, 0.4) is 0 Å². The molecule has 1 nitrogen and oxygen atoms in total. The largest absolute Gasteiger partial charge is 0.299 e. The van der Waals surface area contributed by atoms with E-state index in [9.17, 15) is 0 Å². The number of hydrogen-bond acceptors (Lipinski definition) is 1. The summed E-state index contributed by atoms with van der Waals surface area (Å²) in [5.74, 6) is 0.932. The van der Waals surface area contributed by atoms with Gasteiger partial charge in [-0.05, 0) is 37.4 Å². The van der Waals surface area contributed by atoms with Crippen LogP contribution in [0.1, 0.15) is 40.6 Å². The van der Waals surface area contributed by atoms with E-state index in [1.54, 1.807) is 0 Å². The first-order chi connectivity index (χ1) is 7.84. The monoisotopic (exact) mass is 221 g/mol. The fourth-order valence-electron chi connectivity index (χ4n) is 2.06. The van der Waals surface area contributed by atoms with Crippen molar-refractivity contribution in [2.45, 2.75) is 40.2 Å². The summed E-state index contributed by atoms with van der Waals surface area (Å²) in [6.45, 7) is 10.0. The summed E-state index contributed by atoms with van der Waals surface area (Å²) in [6.07, 6.45) is 2.74. The summed E-state index contributed by atoms with van der Waals surface area (Å²) in [6, 6.07) is 10.8. The van der Waals surface area contributed by atoms with Crippen molar-refractivity contribution in [3.8, 4) is 0 Å². The molecule has 0 unspecified atom stereocenters. The van der Waals surface area contributed by atoms with Crippen molar-refractivity contribution in [2.24, 2.45) is 5.92 Å². The van der Waals surface area contributed by atoms with Crippen LogP contribution in [0.15, 0.2) is 30.3 Å². The first-order valence-corrected chi connectivity index (χ1v) is 6.61. The lowest BCUT2D eigenvalue weighted by molar-refractivity contribution is 0.185. The molecule has 92 valence electrons. The van der Waals surface area contributed by atoms with Crippen LogP contribution < -0.4 is 0 Å². The van der Waals surface area contributed by atoms with Crippen molar-refractivity contribution in [1.82, 2.24) is 4.90 Å². The van der Waals surface area contributed by atoms with Crippen LogP contribution in [0.2, 0.25) is 0 Å². The first-order valence-electron chi connectivity index (χ1n) is 6.61. The maximum Gasteiger partial charge on any atom is 0.0233 e. The standard InChI is InChI=1S/C13H19N.C2H6.H2/c1-12-7-9-14(10-8-12)11-13-5-3-2-4-6-13;1-2;/h2-6,12H,7-11H2,1H3;1-2H3;1H. The van der Waals surface area contributed by atoms with Gasteiger partial charge in [-0.1, -0.05) is 51.1 Å². The molecule has 1 aliphatic rings. The van der Waals surface area contributed by atoms with Gasteiger partial charge in [-0.25, -0.2) is 0 Å². The molecule has 1 heteroatoms. The van der Waals surface area contributed by atoms with E-state index in [-0.39, 0.29) is 1.43 Å². The maximum absolute atomic E-state index is 2.56. The Hall–Kier alpha value is -0.820. The molecule has 1 saturated heterocycles. The Morgan fingerprint density at radius 1 is 1.12 bits per heavy atom. The van der Waals surface area contributed by atoms with Crippen LogP contribution in [0.25, 0.3) is 0 Å². The summed E-state index contributed by atoms with van der Waals surface area (Å²) in [5.41, 5.74) is 1.45. The van der Waals surface area contributed by atoms with Gasteiger partial charge in [0.2, 0.25) is 0 Å². The summed E-state index contributed by atoms with van der Waals surface area (Å²) in [4.78, 5) is 2.56. The molecule has 1 fully saturated rings. The smallest absolute Gasteiger partial charge is 0.0233 e. The molecule has 0 radical (unpaired) electrons. The lowest BCUT2D eigenvalue weighted by atomic mass is 9.99. The average molecular weight is 221 g/mol. The number of hydrogen-bond donors (Lipinski definition) is 0. The lowest BCUT2D eigenvalue weighted by Gasteiger charge is -2.30. The topological polar surface area (TPSA) is 3.24 Å². The number of likely N-dealkylation sites (tertiary alicyclic amines) is 1. The van der Waals surface area contributed by atoms with E-state index in [0.717, 1.165) is 12.5 Å². The Balaban J connectivity index is 0.000000811. The van der Waals surface area contributed by atoms with Gasteiger partial charge in [-0.15, -0.1) is 0 Å². The normalized spacial score (nSPS) is 17.7. The van der Waals surface area contributed by atoms with Crippen molar-refractivity contribution in [1.29, 1.82) is 0 Å². The summed E-state index contributed by atoms with van der Waals surface area (Å²) >= 11 is 0. The van der Waals surface area contributed by atoms with Crippen LogP contribution in [-0.2, 0) is 6.54 Å². The highest BCUT2D eigenvalue weighted by atomic mass is 15.1. The Morgan fingerprint density at radius 2 is 1.69 bits per heavy atom. The Kier molecular flexibility index (Phi) is 6.17. The van der Waals surface area contributed by atoms with Crippen LogP contribution in [0.4, 0.5) is 0 Å². The molecule has 1 aromatic rings. The van der Waals surface area contributed by atoms with Crippen molar-refractivity contribution >= 4 is 0 Å². The molecule has 0 amide bonds. The molecule has 1 aromatic carbocycles. The zero-order chi connectivity index (χ0) is 11.8. The molecule has 2 rings (SSSR count). The molecule has 0 bridgehead atoms. The number of piperidine rings is 1. The lowest BCUT2D eigenvalue weighted by Crippen LogP contribution is -2.32. The third-order valence-corrected chi connectivity index (χ3v) is 3.13. The highest BCUT2D eigenvalue weighted by Gasteiger charge is 2.15. The van der Waals surface area contributed by atoms with Crippen molar-refractivity contribution < 1.29 is 1.43 Å². The Morgan fingerprint density at radius 3 is 2.25 bits per heavy atom. The zero-order valence-corrected chi connectivity index (χ0v) is 10.9. The van der Waals surface area contributed by atoms with Gasteiger partial charge in [0.15, 0.2) is 0 Å². The summed E-state index contributed by atoms with van der Waals surface area (Å²) < 4.78 is 0. The Bertz CT molecular complexity index is 266. The van der Waals surface area contributed by atoms with E-state index in [2.05, 4.69) is 42.2 Å². The van der Waals surface area contributed by atoms with E-state index < -0.39 is 0 Å². The highest BCUT2D eigenvalue weighted by molar-refractivity contribution is 5.14. The quantitative estimate of drug-likeness (QED) is 0.724. The summed E-state index contributed by atoms with van der Waals surface area (Å²) in [7, 11) is 0. The van der Waals surface area contributed by atoms with Gasteiger partial charge in [0, 0.05) is 7.97 Å². The highest BCUT2D eigenvalue weighted by Crippen LogP contribution is 2.17. The van der Waals surface area contributed by atoms with Gasteiger partial charge >= 0.3 is 0 Å². The van der Waals surface area contributed by atoms with E-state index in [4.69, 9.17) is 0 Å². The zero-order valence-electron chi connectivity index (χ0n) is 10.9. The van der Waals surface area contributed by atoms with Crippen LogP contribution in [0, 0.1) is 5.92 Å². The third-order valence-electron chi connectivity index (χ3n) is 3.13. The average Bonchev–Trinajstić information content (AvgIpc) is 2.36. The van der Waals surface area contributed by atoms with Crippen LogP contribution in [0.5, 0.6) is 0 Å². The predicted molar refractivity (Wildman–Crippen MR) is 73.6 cm³/mol. The molecular weight excluding hydrogens is 194 g/mol. The SMILES string of the molecule is CC.CC1CCN(Cc2ccccc2)CC1.[HH]. The number of nitrogens with zero attached hydrogens (tertiary/aromatic N) is 1. The predicted octanol–water partition coefficient (Wildman–Crippen LogP) is 4.19. The minimum Gasteiger partial charge on any atom is -0.299 e. The van der Waals surface area contributed by atoms with E-state index >= 15 is 0 Å². The van der Waals surface area contributed by atoms with Gasteiger partial charge in [0.05, 0.1) is 0 Å². The van der Waals surface area contributed by atoms with Crippen molar-refractivity contribution in [3.05, 3.63) is 35.9 Å². The second-order valence-electron chi connectivity index (χ2n) is 4.44. The minimum absolute atomic E-state index is 0. The van der Waals surface area contributed by atoms with Gasteiger partial charge < -0.3 is 0 Å². The fraction of sp³-hybridized carbons (Fsp3) is 0.600. The van der Waals surface area contributed by atoms with Crippen LogP contribution >= 0.6 is 0 Å². The van der Waals surface area contributed by atoms with Gasteiger partial charge in [-0.3, -0.25) is 4.90 Å². The van der Waals surface area contributed by atoms with Gasteiger partial charge in [0.25, 0.3) is 0 Å². The van der Waals surface area contributed by atoms with E-state index in [1.165, 1.54) is 31.5 Å². The molecule has 0 saturated carbocycles. The fourth-order valence-corrected chi connectivity index (χ4v) is 2.06.